The van der Waals surface area contributed by atoms with Gasteiger partial charge in [0.25, 0.3) is 0 Å². The standard InChI is InChI=1S/C13H14N4O2/c1-3-19-13(18)9(2)16-17-12-10-6-4-5-7-11(10)14-8-15-12/h4-8H,3H2,1-2H3,(H,14,15,17). The number of hydrazone groups is 1. The molecule has 19 heavy (non-hydrogen) atoms. The Balaban J connectivity index is 2.22. The number of carbonyl (C=O) groups excluding carboxylic acids is 1. The largest absolute Gasteiger partial charge is 0.461 e. The van der Waals surface area contributed by atoms with Gasteiger partial charge in [0.15, 0.2) is 5.82 Å². The molecule has 0 aliphatic heterocycles. The second-order valence-electron chi connectivity index (χ2n) is 3.77. The normalized spacial score (nSPS) is 11.4. The molecule has 0 fully saturated rings. The average molecular weight is 258 g/mol. The summed E-state index contributed by atoms with van der Waals surface area (Å²) in [6.45, 7) is 3.65. The highest BCUT2D eigenvalue weighted by molar-refractivity contribution is 6.35. The van der Waals surface area contributed by atoms with E-state index in [1.54, 1.807) is 13.8 Å². The fourth-order valence-electron chi connectivity index (χ4n) is 1.51. The van der Waals surface area contributed by atoms with Gasteiger partial charge in [-0.15, -0.1) is 0 Å². The molecule has 0 spiro atoms. The maximum absolute atomic E-state index is 11.4. The van der Waals surface area contributed by atoms with E-state index in [1.165, 1.54) is 6.33 Å². The molecular formula is C13H14N4O2. The Morgan fingerprint density at radius 3 is 2.95 bits per heavy atom. The summed E-state index contributed by atoms with van der Waals surface area (Å²) in [6.07, 6.45) is 1.44. The first-order chi connectivity index (χ1) is 9.22. The third-order valence-corrected chi connectivity index (χ3v) is 2.44. The Kier molecular flexibility index (Phi) is 4.02. The van der Waals surface area contributed by atoms with E-state index in [-0.39, 0.29) is 5.71 Å². The molecule has 6 nitrogen and oxygen atoms in total. The Hall–Kier alpha value is -2.50. The summed E-state index contributed by atoms with van der Waals surface area (Å²) in [5, 5.41) is 4.80. The van der Waals surface area contributed by atoms with Crippen LogP contribution in [0, 0.1) is 0 Å². The summed E-state index contributed by atoms with van der Waals surface area (Å²) >= 11 is 0. The minimum absolute atomic E-state index is 0.240. The molecular weight excluding hydrogens is 244 g/mol. The predicted octanol–water partition coefficient (Wildman–Crippen LogP) is 1.98. The van der Waals surface area contributed by atoms with Crippen LogP contribution >= 0.6 is 0 Å². The molecule has 0 saturated heterocycles. The molecule has 2 rings (SSSR count). The topological polar surface area (TPSA) is 76.5 Å². The van der Waals surface area contributed by atoms with Crippen molar-refractivity contribution in [2.45, 2.75) is 13.8 Å². The number of benzene rings is 1. The number of rotatable bonds is 4. The highest BCUT2D eigenvalue weighted by Crippen LogP contribution is 2.18. The zero-order valence-corrected chi connectivity index (χ0v) is 10.8. The van der Waals surface area contributed by atoms with Gasteiger partial charge in [-0.05, 0) is 26.0 Å². The number of fused-ring (bicyclic) bond motifs is 1. The number of para-hydroxylation sites is 1. The molecule has 6 heteroatoms. The second-order valence-corrected chi connectivity index (χ2v) is 3.77. The van der Waals surface area contributed by atoms with E-state index in [2.05, 4.69) is 20.5 Å². The molecule has 0 aliphatic rings. The van der Waals surface area contributed by atoms with Crippen molar-refractivity contribution < 1.29 is 9.53 Å². The molecule has 1 N–H and O–H groups in total. The molecule has 1 heterocycles. The maximum atomic E-state index is 11.4. The van der Waals surface area contributed by atoms with Crippen molar-refractivity contribution in [2.75, 3.05) is 12.0 Å². The minimum atomic E-state index is -0.451. The van der Waals surface area contributed by atoms with Crippen LogP contribution in [0.3, 0.4) is 0 Å². The van der Waals surface area contributed by atoms with Crippen LogP contribution in [-0.4, -0.2) is 28.3 Å². The molecule has 0 radical (unpaired) electrons. The lowest BCUT2D eigenvalue weighted by Gasteiger charge is -2.05. The fourth-order valence-corrected chi connectivity index (χ4v) is 1.51. The quantitative estimate of drug-likeness (QED) is 0.515. The molecule has 2 aromatic rings. The summed E-state index contributed by atoms with van der Waals surface area (Å²) in [5.41, 5.74) is 3.81. The zero-order chi connectivity index (χ0) is 13.7. The van der Waals surface area contributed by atoms with Crippen LogP contribution in [0.5, 0.6) is 0 Å². The first kappa shape index (κ1) is 12.9. The van der Waals surface area contributed by atoms with Crippen molar-refractivity contribution in [3.63, 3.8) is 0 Å². The van der Waals surface area contributed by atoms with Crippen LogP contribution in [0.1, 0.15) is 13.8 Å². The number of aromatic nitrogens is 2. The van der Waals surface area contributed by atoms with Gasteiger partial charge in [-0.2, -0.15) is 5.10 Å². The van der Waals surface area contributed by atoms with E-state index in [9.17, 15) is 4.79 Å². The van der Waals surface area contributed by atoms with Crippen LogP contribution in [-0.2, 0) is 9.53 Å². The summed E-state index contributed by atoms with van der Waals surface area (Å²) in [6, 6.07) is 7.54. The lowest BCUT2D eigenvalue weighted by atomic mass is 10.2. The number of anilines is 1. The van der Waals surface area contributed by atoms with Gasteiger partial charge < -0.3 is 4.74 Å². The van der Waals surface area contributed by atoms with Gasteiger partial charge in [-0.25, -0.2) is 14.8 Å². The molecule has 0 atom stereocenters. The van der Waals surface area contributed by atoms with E-state index in [0.717, 1.165) is 10.9 Å². The van der Waals surface area contributed by atoms with Crippen molar-refractivity contribution in [2.24, 2.45) is 5.10 Å². The number of hydrogen-bond acceptors (Lipinski definition) is 6. The summed E-state index contributed by atoms with van der Waals surface area (Å²) < 4.78 is 4.84. The first-order valence-electron chi connectivity index (χ1n) is 5.89. The monoisotopic (exact) mass is 258 g/mol. The van der Waals surface area contributed by atoms with Crippen LogP contribution in [0.4, 0.5) is 5.82 Å². The van der Waals surface area contributed by atoms with Crippen LogP contribution < -0.4 is 5.43 Å². The van der Waals surface area contributed by atoms with Crippen molar-refractivity contribution >= 4 is 28.4 Å². The van der Waals surface area contributed by atoms with Gasteiger partial charge in [0.1, 0.15) is 12.0 Å². The van der Waals surface area contributed by atoms with Crippen molar-refractivity contribution in [3.05, 3.63) is 30.6 Å². The number of nitrogens with one attached hydrogen (secondary N) is 1. The SMILES string of the molecule is CCOC(=O)C(C)=NNc1ncnc2ccccc12. The number of carbonyl (C=O) groups is 1. The Morgan fingerprint density at radius 2 is 2.16 bits per heavy atom. The second kappa shape index (κ2) is 5.90. The lowest BCUT2D eigenvalue weighted by Crippen LogP contribution is -2.15. The third-order valence-electron chi connectivity index (χ3n) is 2.44. The first-order valence-corrected chi connectivity index (χ1v) is 5.89. The van der Waals surface area contributed by atoms with Gasteiger partial charge in [0.2, 0.25) is 0 Å². The van der Waals surface area contributed by atoms with Gasteiger partial charge in [-0.3, -0.25) is 5.43 Å². The van der Waals surface area contributed by atoms with Crippen molar-refractivity contribution in [3.8, 4) is 0 Å². The Bertz CT molecular complexity index is 620. The average Bonchev–Trinajstić information content (AvgIpc) is 2.45. The van der Waals surface area contributed by atoms with Crippen LogP contribution in [0.15, 0.2) is 35.7 Å². The molecule has 0 aliphatic carbocycles. The van der Waals surface area contributed by atoms with E-state index >= 15 is 0 Å². The van der Waals surface area contributed by atoms with E-state index in [1.807, 2.05) is 24.3 Å². The molecule has 0 bridgehead atoms. The van der Waals surface area contributed by atoms with E-state index < -0.39 is 5.97 Å². The molecule has 1 aromatic heterocycles. The fraction of sp³-hybridized carbons (Fsp3) is 0.231. The third kappa shape index (κ3) is 3.04. The molecule has 0 saturated carbocycles. The molecule has 0 unspecified atom stereocenters. The van der Waals surface area contributed by atoms with Gasteiger partial charge >= 0.3 is 5.97 Å². The van der Waals surface area contributed by atoms with Crippen molar-refractivity contribution in [1.82, 2.24) is 9.97 Å². The smallest absolute Gasteiger partial charge is 0.354 e. The number of hydrogen-bond donors (Lipinski definition) is 1. The van der Waals surface area contributed by atoms with Crippen LogP contribution in [0.2, 0.25) is 0 Å². The zero-order valence-electron chi connectivity index (χ0n) is 10.8. The number of ether oxygens (including phenoxy) is 1. The minimum Gasteiger partial charge on any atom is -0.461 e. The predicted molar refractivity (Wildman–Crippen MR) is 72.9 cm³/mol. The summed E-state index contributed by atoms with van der Waals surface area (Å²) in [4.78, 5) is 19.6. The number of esters is 1. The van der Waals surface area contributed by atoms with Gasteiger partial charge in [-0.1, -0.05) is 12.1 Å². The number of nitrogens with zero attached hydrogens (tertiary/aromatic N) is 3. The van der Waals surface area contributed by atoms with Gasteiger partial charge in [0.05, 0.1) is 12.1 Å². The molecule has 1 aromatic carbocycles. The van der Waals surface area contributed by atoms with Crippen LogP contribution in [0.25, 0.3) is 10.9 Å². The Labute approximate surface area is 110 Å². The van der Waals surface area contributed by atoms with Gasteiger partial charge in [0, 0.05) is 5.39 Å². The summed E-state index contributed by atoms with van der Waals surface area (Å²) in [7, 11) is 0. The highest BCUT2D eigenvalue weighted by atomic mass is 16.5. The molecule has 0 amide bonds. The Morgan fingerprint density at radius 1 is 1.37 bits per heavy atom. The molecule has 98 valence electrons. The summed E-state index contributed by atoms with van der Waals surface area (Å²) in [5.74, 6) is 0.0996. The van der Waals surface area contributed by atoms with E-state index in [4.69, 9.17) is 4.74 Å². The highest BCUT2D eigenvalue weighted by Gasteiger charge is 2.07. The van der Waals surface area contributed by atoms with Crippen molar-refractivity contribution in [1.29, 1.82) is 0 Å². The lowest BCUT2D eigenvalue weighted by molar-refractivity contribution is -0.135. The van der Waals surface area contributed by atoms with E-state index in [0.29, 0.717) is 12.4 Å². The maximum Gasteiger partial charge on any atom is 0.354 e.